The molecule has 0 unspecified atom stereocenters. The van der Waals surface area contributed by atoms with E-state index in [-0.39, 0.29) is 16.9 Å². The third-order valence-electron chi connectivity index (χ3n) is 3.31. The van der Waals surface area contributed by atoms with Crippen LogP contribution in [0.2, 0.25) is 0 Å². The molecule has 0 spiro atoms. The quantitative estimate of drug-likeness (QED) is 0.428. The summed E-state index contributed by atoms with van der Waals surface area (Å²) in [5.74, 6) is -0.444. The molecule has 7 nitrogen and oxygen atoms in total. The fourth-order valence-electron chi connectivity index (χ4n) is 2.11. The first-order valence-electron chi connectivity index (χ1n) is 6.90. The third-order valence-corrected chi connectivity index (χ3v) is 4.13. The number of aromatic nitrogens is 1. The van der Waals surface area contributed by atoms with Gasteiger partial charge in [0.05, 0.1) is 4.92 Å². The maximum Gasteiger partial charge on any atom is 0.292 e. The second kappa shape index (κ2) is 6.47. The van der Waals surface area contributed by atoms with Crippen LogP contribution in [0.3, 0.4) is 0 Å². The lowest BCUT2D eigenvalue weighted by molar-refractivity contribution is -0.383. The molecule has 1 aromatic heterocycles. The lowest BCUT2D eigenvalue weighted by atomic mass is 10.1. The molecule has 0 radical (unpaired) electrons. The summed E-state index contributed by atoms with van der Waals surface area (Å²) in [6.45, 7) is 0. The Morgan fingerprint density at radius 2 is 1.96 bits per heavy atom. The van der Waals surface area contributed by atoms with Crippen LogP contribution in [0, 0.1) is 10.1 Å². The average molecular weight is 340 g/mol. The lowest BCUT2D eigenvalue weighted by Gasteiger charge is -2.06. The maximum absolute atomic E-state index is 12.2. The number of nitrogens with two attached hydrogens (primary N) is 1. The first-order chi connectivity index (χ1) is 11.5. The van der Waals surface area contributed by atoms with Gasteiger partial charge in [-0.05, 0) is 36.4 Å². The van der Waals surface area contributed by atoms with Gasteiger partial charge < -0.3 is 11.1 Å². The van der Waals surface area contributed by atoms with Gasteiger partial charge in [0.1, 0.15) is 10.7 Å². The van der Waals surface area contributed by atoms with Crippen LogP contribution in [0.1, 0.15) is 10.4 Å². The van der Waals surface area contributed by atoms with Crippen molar-refractivity contribution in [2.45, 2.75) is 0 Å². The summed E-state index contributed by atoms with van der Waals surface area (Å²) in [5.41, 5.74) is 6.96. The molecule has 0 bridgehead atoms. The molecule has 0 fully saturated rings. The number of nitrogens with one attached hydrogen (secondary N) is 1. The molecule has 1 amide bonds. The highest BCUT2D eigenvalue weighted by atomic mass is 32.1. The number of nitro groups is 1. The monoisotopic (exact) mass is 340 g/mol. The second-order valence-corrected chi connectivity index (χ2v) is 5.79. The molecular formula is C16H12N4O3S. The minimum atomic E-state index is -0.616. The van der Waals surface area contributed by atoms with Crippen molar-refractivity contribution in [3.63, 3.8) is 0 Å². The molecule has 120 valence electrons. The summed E-state index contributed by atoms with van der Waals surface area (Å²) in [7, 11) is 0. The van der Waals surface area contributed by atoms with Crippen LogP contribution >= 0.6 is 11.3 Å². The Hall–Kier alpha value is -3.26. The van der Waals surface area contributed by atoms with Crippen LogP contribution in [0.15, 0.2) is 54.0 Å². The number of hydrogen-bond donors (Lipinski definition) is 2. The summed E-state index contributed by atoms with van der Waals surface area (Å²) in [4.78, 5) is 26.7. The standard InChI is InChI=1S/C16H12N4O3S/c17-13-6-3-11(9-14(13)20(22)23)15(21)19-12-4-1-10(2-5-12)16-18-7-8-24-16/h1-9H,17H2,(H,19,21). The predicted molar refractivity (Wildman–Crippen MR) is 93.0 cm³/mol. The highest BCUT2D eigenvalue weighted by Crippen LogP contribution is 2.25. The maximum atomic E-state index is 12.2. The van der Waals surface area contributed by atoms with Gasteiger partial charge in [-0.15, -0.1) is 11.3 Å². The van der Waals surface area contributed by atoms with Crippen LogP contribution in [0.25, 0.3) is 10.6 Å². The molecule has 2 aromatic carbocycles. The number of benzene rings is 2. The zero-order chi connectivity index (χ0) is 17.1. The Bertz CT molecular complexity index is 892. The molecule has 1 heterocycles. The first-order valence-corrected chi connectivity index (χ1v) is 7.78. The van der Waals surface area contributed by atoms with Crippen molar-refractivity contribution < 1.29 is 9.72 Å². The zero-order valence-corrected chi connectivity index (χ0v) is 13.1. The number of nitrogen functional groups attached to an aromatic ring is 1. The number of rotatable bonds is 4. The van der Waals surface area contributed by atoms with E-state index in [0.29, 0.717) is 5.69 Å². The molecule has 0 aliphatic rings. The van der Waals surface area contributed by atoms with Crippen LogP contribution in [0.4, 0.5) is 17.1 Å². The highest BCUT2D eigenvalue weighted by Gasteiger charge is 2.15. The van der Waals surface area contributed by atoms with Gasteiger partial charge in [-0.3, -0.25) is 14.9 Å². The Balaban J connectivity index is 1.77. The third kappa shape index (κ3) is 3.23. The van der Waals surface area contributed by atoms with Crippen molar-refractivity contribution in [3.8, 4) is 10.6 Å². The smallest absolute Gasteiger partial charge is 0.292 e. The van der Waals surface area contributed by atoms with Crippen LogP contribution in [-0.2, 0) is 0 Å². The van der Waals surface area contributed by atoms with E-state index in [4.69, 9.17) is 5.73 Å². The minimum absolute atomic E-state index is 0.0179. The number of carbonyl (C=O) groups excluding carboxylic acids is 1. The molecule has 24 heavy (non-hydrogen) atoms. The van der Waals surface area contributed by atoms with Crippen molar-refractivity contribution in [2.24, 2.45) is 0 Å². The van der Waals surface area contributed by atoms with Crippen LogP contribution < -0.4 is 11.1 Å². The van der Waals surface area contributed by atoms with Crippen molar-refractivity contribution in [2.75, 3.05) is 11.1 Å². The van der Waals surface area contributed by atoms with Gasteiger partial charge in [-0.1, -0.05) is 0 Å². The molecular weight excluding hydrogens is 328 g/mol. The number of anilines is 2. The molecule has 0 atom stereocenters. The van der Waals surface area contributed by atoms with E-state index in [9.17, 15) is 14.9 Å². The summed E-state index contributed by atoms with van der Waals surface area (Å²) in [6.07, 6.45) is 1.73. The van der Waals surface area contributed by atoms with Gasteiger partial charge in [0.2, 0.25) is 0 Å². The van der Waals surface area contributed by atoms with Gasteiger partial charge in [0.15, 0.2) is 0 Å². The SMILES string of the molecule is Nc1ccc(C(=O)Nc2ccc(-c3nccs3)cc2)cc1[N+](=O)[O-]. The number of hydrogen-bond acceptors (Lipinski definition) is 6. The summed E-state index contributed by atoms with van der Waals surface area (Å²) < 4.78 is 0. The topological polar surface area (TPSA) is 111 Å². The molecule has 3 rings (SSSR count). The molecule has 3 aromatic rings. The van der Waals surface area contributed by atoms with E-state index in [0.717, 1.165) is 16.6 Å². The number of amides is 1. The summed E-state index contributed by atoms with van der Waals surface area (Å²) >= 11 is 1.52. The average Bonchev–Trinajstić information content (AvgIpc) is 3.10. The van der Waals surface area contributed by atoms with Crippen LogP contribution in [-0.4, -0.2) is 15.8 Å². The van der Waals surface area contributed by atoms with E-state index in [1.165, 1.54) is 23.5 Å². The summed E-state index contributed by atoms with van der Waals surface area (Å²) in [6, 6.07) is 11.1. The van der Waals surface area contributed by atoms with Crippen molar-refractivity contribution in [1.82, 2.24) is 4.98 Å². The number of nitro benzene ring substituents is 1. The van der Waals surface area contributed by atoms with Gasteiger partial charge in [-0.2, -0.15) is 0 Å². The Kier molecular flexibility index (Phi) is 4.21. The van der Waals surface area contributed by atoms with E-state index in [2.05, 4.69) is 10.3 Å². The highest BCUT2D eigenvalue weighted by molar-refractivity contribution is 7.13. The van der Waals surface area contributed by atoms with Crippen molar-refractivity contribution in [3.05, 3.63) is 69.7 Å². The van der Waals surface area contributed by atoms with E-state index in [1.807, 2.05) is 17.5 Å². The second-order valence-electron chi connectivity index (χ2n) is 4.90. The van der Waals surface area contributed by atoms with Crippen molar-refractivity contribution in [1.29, 1.82) is 0 Å². The molecule has 0 saturated carbocycles. The number of carbonyl (C=O) groups is 1. The molecule has 0 aliphatic heterocycles. The zero-order valence-electron chi connectivity index (χ0n) is 12.3. The molecule has 0 saturated heterocycles. The van der Waals surface area contributed by atoms with Gasteiger partial charge in [-0.25, -0.2) is 4.98 Å². The van der Waals surface area contributed by atoms with Crippen LogP contribution in [0.5, 0.6) is 0 Å². The minimum Gasteiger partial charge on any atom is -0.393 e. The molecule has 3 N–H and O–H groups in total. The predicted octanol–water partition coefficient (Wildman–Crippen LogP) is 3.55. The van der Waals surface area contributed by atoms with E-state index >= 15 is 0 Å². The van der Waals surface area contributed by atoms with Gasteiger partial charge >= 0.3 is 0 Å². The Labute approximate surface area is 140 Å². The fraction of sp³-hybridized carbons (Fsp3) is 0. The van der Waals surface area contributed by atoms with Gasteiger partial charge in [0.25, 0.3) is 11.6 Å². The van der Waals surface area contributed by atoms with Gasteiger partial charge in [0, 0.05) is 34.5 Å². The normalized spacial score (nSPS) is 10.3. The molecule has 8 heteroatoms. The molecule has 0 aliphatic carbocycles. The number of thiazole rings is 1. The summed E-state index contributed by atoms with van der Waals surface area (Å²) in [5, 5.41) is 16.4. The fourth-order valence-corrected chi connectivity index (χ4v) is 2.75. The first kappa shape index (κ1) is 15.6. The Morgan fingerprint density at radius 3 is 2.58 bits per heavy atom. The largest absolute Gasteiger partial charge is 0.393 e. The van der Waals surface area contributed by atoms with E-state index in [1.54, 1.807) is 18.3 Å². The Morgan fingerprint density at radius 1 is 1.21 bits per heavy atom. The number of nitrogens with zero attached hydrogens (tertiary/aromatic N) is 2. The van der Waals surface area contributed by atoms with Crippen molar-refractivity contribution >= 4 is 34.3 Å². The van der Waals surface area contributed by atoms with E-state index < -0.39 is 10.8 Å². The lowest BCUT2D eigenvalue weighted by Crippen LogP contribution is -2.12.